The summed E-state index contributed by atoms with van der Waals surface area (Å²) in [4.78, 5) is 84.7. The van der Waals surface area contributed by atoms with Crippen LogP contribution in [-0.2, 0) is 57.2 Å². The smallest absolute Gasteiger partial charge is 0.329 e. The largest absolute Gasteiger partial charge is 0.460 e. The number of aliphatic hydroxyl groups excluding tert-OH is 2. The first-order chi connectivity index (χ1) is 35.2. The van der Waals surface area contributed by atoms with Gasteiger partial charge in [0.25, 0.3) is 11.7 Å². The van der Waals surface area contributed by atoms with Gasteiger partial charge in [-0.25, -0.2) is 4.79 Å². The maximum Gasteiger partial charge on any atom is 0.329 e. The number of piperidine rings is 1. The molecule has 1 saturated carbocycles. The number of hydrogen-bond acceptors (Lipinski definition) is 15. The van der Waals surface area contributed by atoms with Crippen molar-refractivity contribution in [3.63, 3.8) is 0 Å². The summed E-state index contributed by atoms with van der Waals surface area (Å²) in [5, 5.41) is 35.7. The van der Waals surface area contributed by atoms with Gasteiger partial charge in [-0.05, 0) is 113 Å². The number of esters is 1. The molecule has 3 heterocycles. The average molecular weight is 1040 g/mol. The molecule has 17 heteroatoms. The van der Waals surface area contributed by atoms with Crippen LogP contribution in [0.4, 0.5) is 0 Å². The normalized spacial score (nSPS) is 35.7. The van der Waals surface area contributed by atoms with Crippen LogP contribution >= 0.6 is 0 Å². The molecule has 4 rings (SSSR count). The van der Waals surface area contributed by atoms with Crippen LogP contribution in [0.2, 0.25) is 0 Å². The highest BCUT2D eigenvalue weighted by Crippen LogP contribution is 2.38. The van der Waals surface area contributed by atoms with Crippen LogP contribution in [0.1, 0.15) is 138 Å². The molecule has 418 valence electrons. The van der Waals surface area contributed by atoms with Crippen LogP contribution in [0.3, 0.4) is 0 Å². The van der Waals surface area contributed by atoms with Crippen LogP contribution in [-0.4, -0.2) is 158 Å². The molecule has 4 N–H and O–H groups in total. The Bertz CT molecular complexity index is 1980. The molecular formula is C57H90N2O15. The second kappa shape index (κ2) is 30.7. The third kappa shape index (κ3) is 17.8. The van der Waals surface area contributed by atoms with Gasteiger partial charge < -0.3 is 54.0 Å². The minimum atomic E-state index is -2.50. The van der Waals surface area contributed by atoms with Gasteiger partial charge in [0.05, 0.1) is 37.6 Å². The molecule has 2 amide bonds. The number of hydrogen-bond donors (Lipinski definition) is 4. The number of nitrogens with one attached hydrogen (secondary N) is 1. The Morgan fingerprint density at radius 2 is 1.64 bits per heavy atom. The van der Waals surface area contributed by atoms with Crippen LogP contribution in [0.5, 0.6) is 0 Å². The fraction of sp³-hybridized carbons (Fsp3) is 0.754. The number of Topliss-reactive ketones (excluding diaryl/α,β-unsaturated/α-hetero) is 3. The lowest BCUT2D eigenvalue weighted by Crippen LogP contribution is -2.61. The van der Waals surface area contributed by atoms with Crippen LogP contribution in [0.25, 0.3) is 0 Å². The van der Waals surface area contributed by atoms with Gasteiger partial charge in [0, 0.05) is 71.4 Å². The summed E-state index contributed by atoms with van der Waals surface area (Å²) in [6.07, 6.45) is 12.0. The van der Waals surface area contributed by atoms with Gasteiger partial charge in [0.15, 0.2) is 5.78 Å². The molecule has 3 fully saturated rings. The molecular weight excluding hydrogens is 953 g/mol. The average Bonchev–Trinajstić information content (AvgIpc) is 3.38. The lowest BCUT2D eigenvalue weighted by molar-refractivity contribution is -0.266. The zero-order valence-corrected chi connectivity index (χ0v) is 46.0. The highest BCUT2D eigenvalue weighted by Gasteiger charge is 2.53. The molecule has 2 bridgehead atoms. The number of aliphatic hydroxyl groups is 3. The minimum Gasteiger partial charge on any atom is -0.460 e. The van der Waals surface area contributed by atoms with E-state index in [2.05, 4.69) is 5.32 Å². The van der Waals surface area contributed by atoms with E-state index in [1.807, 2.05) is 51.2 Å². The van der Waals surface area contributed by atoms with Crippen LogP contribution < -0.4 is 5.32 Å². The van der Waals surface area contributed by atoms with Crippen molar-refractivity contribution in [2.24, 2.45) is 35.5 Å². The molecule has 0 radical (unpaired) electrons. The van der Waals surface area contributed by atoms with Crippen molar-refractivity contribution in [1.29, 1.82) is 0 Å². The van der Waals surface area contributed by atoms with Crippen molar-refractivity contribution in [3.05, 3.63) is 47.6 Å². The van der Waals surface area contributed by atoms with Gasteiger partial charge in [-0.2, -0.15) is 0 Å². The van der Waals surface area contributed by atoms with Crippen molar-refractivity contribution < 1.29 is 72.5 Å². The lowest BCUT2D eigenvalue weighted by atomic mass is 9.78. The highest BCUT2D eigenvalue weighted by atomic mass is 16.6. The summed E-state index contributed by atoms with van der Waals surface area (Å²) in [7, 11) is 4.57. The fourth-order valence-corrected chi connectivity index (χ4v) is 11.0. The number of allylic oxidation sites excluding steroid dienone is 6. The number of amides is 2. The fourth-order valence-electron chi connectivity index (χ4n) is 11.0. The van der Waals surface area contributed by atoms with E-state index >= 15 is 0 Å². The molecule has 0 aromatic heterocycles. The quantitative estimate of drug-likeness (QED) is 0.0707. The monoisotopic (exact) mass is 1040 g/mol. The van der Waals surface area contributed by atoms with E-state index in [-0.39, 0.29) is 99.5 Å². The number of carbonyl (C=O) groups excluding carboxylic acids is 6. The Balaban J connectivity index is 1.71. The molecule has 17 nitrogen and oxygen atoms in total. The topological polar surface area (TPSA) is 234 Å². The standard InChI is InChI=1S/C57H90N2O15/c1-35-17-12-11-13-18-36(2)47(71-27-16-20-50(62)58-8)33-43-23-21-41(7)57(68,74-43)54(65)55(66)59-25-15-14-19-44(59)56(67)73-48(38(4)31-42-22-24-46(72-28-26-60)49(32-42)69-9)34-45(61)37(3)30-40(6)52(64)53(70-10)51(63)39(5)29-35/h11-13,17-18,30,35,37-39,41-44,46-49,52-53,60,64,68H,14-16,19-29,31-34H2,1-10H3,(H,58,62)/b13-11?,17-12+,36-18?,40-30+/t35-,37-,38-,39-,41-,42?,43+,44+,46-,47?,48?,49-,52-,53+,57-/m1/s1. The van der Waals surface area contributed by atoms with Crippen molar-refractivity contribution in [1.82, 2.24) is 10.2 Å². The third-order valence-electron chi connectivity index (χ3n) is 15.7. The Morgan fingerprint density at radius 3 is 2.32 bits per heavy atom. The maximum atomic E-state index is 14.6. The van der Waals surface area contributed by atoms with Gasteiger partial charge in [-0.1, -0.05) is 71.1 Å². The minimum absolute atomic E-state index is 0.0215. The number of carbonyl (C=O) groups is 6. The van der Waals surface area contributed by atoms with Gasteiger partial charge >= 0.3 is 5.97 Å². The Kier molecular flexibility index (Phi) is 26.0. The Labute approximate surface area is 440 Å². The Morgan fingerprint density at radius 1 is 0.892 bits per heavy atom. The van der Waals surface area contributed by atoms with E-state index in [9.17, 15) is 44.1 Å². The number of rotatable bonds is 13. The number of ketones is 3. The first kappa shape index (κ1) is 62.6. The van der Waals surface area contributed by atoms with Crippen LogP contribution in [0, 0.1) is 35.5 Å². The summed E-state index contributed by atoms with van der Waals surface area (Å²) in [6, 6.07) is -1.18. The molecule has 15 atom stereocenters. The van der Waals surface area contributed by atoms with E-state index < -0.39 is 77.8 Å². The molecule has 0 spiro atoms. The first-order valence-electron chi connectivity index (χ1n) is 27.2. The van der Waals surface area contributed by atoms with Crippen molar-refractivity contribution >= 4 is 35.1 Å². The van der Waals surface area contributed by atoms with E-state index in [0.717, 1.165) is 12.0 Å². The second-order valence-corrected chi connectivity index (χ2v) is 21.6. The molecule has 74 heavy (non-hydrogen) atoms. The second-order valence-electron chi connectivity index (χ2n) is 21.6. The van der Waals surface area contributed by atoms with Gasteiger partial charge in [-0.15, -0.1) is 0 Å². The molecule has 1 aliphatic carbocycles. The third-order valence-corrected chi connectivity index (χ3v) is 15.7. The van der Waals surface area contributed by atoms with Crippen molar-refractivity contribution in [2.45, 2.75) is 193 Å². The lowest BCUT2D eigenvalue weighted by Gasteiger charge is -2.43. The highest BCUT2D eigenvalue weighted by molar-refractivity contribution is 6.39. The molecule has 0 aromatic rings. The van der Waals surface area contributed by atoms with E-state index in [1.54, 1.807) is 47.9 Å². The van der Waals surface area contributed by atoms with Gasteiger partial charge in [0.1, 0.15) is 30.1 Å². The number of ether oxygens (including phenoxy) is 6. The van der Waals surface area contributed by atoms with Gasteiger partial charge in [0.2, 0.25) is 11.7 Å². The molecule has 0 aromatic carbocycles. The SMILES string of the molecule is CNC(=O)CCCOC1C[C@@H]2CC[C@@H](C)[C@@](O)(O2)C(=O)C(=O)N2CCCC[C@H]2C(=O)OC([C@H](C)CC2CC[C@@H](OCCO)[C@H](OC)C2)CC(=O)[C@H](C)/C=C(\C)[C@@H](O)[C@@H](OC)C(=O)[C@H](C)C[C@H](C)/C=C/C=CC=C1C. The number of nitrogens with zero attached hydrogens (tertiary/aromatic N) is 1. The number of methoxy groups -OCH3 is 2. The molecule has 2 saturated heterocycles. The summed E-state index contributed by atoms with van der Waals surface area (Å²) in [6.45, 7) is 13.0. The summed E-state index contributed by atoms with van der Waals surface area (Å²) < 4.78 is 36.2. The van der Waals surface area contributed by atoms with Crippen molar-refractivity contribution in [2.75, 3.05) is 47.6 Å². The Hall–Kier alpha value is -3.94. The van der Waals surface area contributed by atoms with E-state index in [4.69, 9.17) is 28.4 Å². The predicted octanol–water partition coefficient (Wildman–Crippen LogP) is 6.09. The van der Waals surface area contributed by atoms with Crippen molar-refractivity contribution in [3.8, 4) is 0 Å². The molecule has 3 unspecified atom stereocenters. The zero-order chi connectivity index (χ0) is 54.7. The predicted molar refractivity (Wildman–Crippen MR) is 278 cm³/mol. The van der Waals surface area contributed by atoms with Crippen LogP contribution in [0.15, 0.2) is 47.6 Å². The van der Waals surface area contributed by atoms with E-state index in [1.165, 1.54) is 12.0 Å². The van der Waals surface area contributed by atoms with Gasteiger partial charge in [-0.3, -0.25) is 24.0 Å². The number of fused-ring (bicyclic) bond motifs is 3. The molecule has 3 aliphatic heterocycles. The van der Waals surface area contributed by atoms with E-state index in [0.29, 0.717) is 63.4 Å². The maximum absolute atomic E-state index is 14.6. The summed E-state index contributed by atoms with van der Waals surface area (Å²) in [5.74, 6) is -8.43. The summed E-state index contributed by atoms with van der Waals surface area (Å²) in [5.41, 5.74) is 1.19. The molecule has 4 aliphatic rings. The first-order valence-corrected chi connectivity index (χ1v) is 27.2. The number of cyclic esters (lactones) is 1. The summed E-state index contributed by atoms with van der Waals surface area (Å²) >= 11 is 0. The zero-order valence-electron chi connectivity index (χ0n) is 46.0.